The lowest BCUT2D eigenvalue weighted by Crippen LogP contribution is -2.54. The largest absolute Gasteiger partial charge is 0.506 e. The topological polar surface area (TPSA) is 145 Å². The lowest BCUT2D eigenvalue weighted by atomic mass is 9.72. The first kappa shape index (κ1) is 31.5. The molecule has 0 radical (unpaired) electrons. The Balaban J connectivity index is 1.67. The predicted octanol–water partition coefficient (Wildman–Crippen LogP) is 6.61. The van der Waals surface area contributed by atoms with E-state index in [1.807, 2.05) is 0 Å². The van der Waals surface area contributed by atoms with Crippen molar-refractivity contribution in [1.29, 1.82) is 0 Å². The third-order valence-electron chi connectivity index (χ3n) is 6.80. The number of amides is 2. The molecule has 8 nitrogen and oxygen atoms in total. The van der Waals surface area contributed by atoms with Gasteiger partial charge in [0.2, 0.25) is 5.41 Å². The number of nitrogens with two attached hydrogens (primary N) is 1. The third kappa shape index (κ3) is 5.78. The van der Waals surface area contributed by atoms with Crippen molar-refractivity contribution in [2.45, 2.75) is 24.7 Å². The monoisotopic (exact) mass is 619 g/mol. The van der Waals surface area contributed by atoms with Crippen LogP contribution in [-0.4, -0.2) is 39.5 Å². The number of phenolic OH excluding ortho intramolecular Hbond substituents is 3. The Bertz CT molecular complexity index is 1720. The van der Waals surface area contributed by atoms with E-state index in [1.165, 1.54) is 24.3 Å². The van der Waals surface area contributed by atoms with Gasteiger partial charge in [0, 0.05) is 11.1 Å². The fourth-order valence-corrected chi connectivity index (χ4v) is 4.55. The van der Waals surface area contributed by atoms with E-state index in [0.29, 0.717) is 36.4 Å². The third-order valence-corrected chi connectivity index (χ3v) is 6.80. The van der Waals surface area contributed by atoms with Gasteiger partial charge in [-0.3, -0.25) is 9.59 Å². The number of phenols is 3. The Morgan fingerprint density at radius 3 is 1.48 bits per heavy atom. The molecule has 0 bridgehead atoms. The first-order chi connectivity index (χ1) is 20.5. The van der Waals surface area contributed by atoms with E-state index >= 15 is 0 Å². The van der Waals surface area contributed by atoms with Crippen LogP contribution >= 0.6 is 0 Å². The van der Waals surface area contributed by atoms with Gasteiger partial charge in [-0.25, -0.2) is 0 Å². The number of hydrogen-bond acceptors (Lipinski definition) is 6. The maximum Gasteiger partial charge on any atom is 0.411 e. The van der Waals surface area contributed by atoms with Crippen molar-refractivity contribution in [2.75, 3.05) is 16.4 Å². The summed E-state index contributed by atoms with van der Waals surface area (Å²) in [4.78, 5) is 25.5. The van der Waals surface area contributed by atoms with E-state index in [-0.39, 0.29) is 22.6 Å². The molecule has 4 aromatic carbocycles. The Morgan fingerprint density at radius 2 is 1.02 bits per heavy atom. The Hall–Kier alpha value is -5.40. The first-order valence-electron chi connectivity index (χ1n) is 12.5. The average molecular weight is 620 g/mol. The van der Waals surface area contributed by atoms with Crippen LogP contribution in [0.25, 0.3) is 0 Å². The minimum absolute atomic E-state index is 0.0561. The molecule has 0 saturated carbocycles. The van der Waals surface area contributed by atoms with Gasteiger partial charge < -0.3 is 31.7 Å². The van der Waals surface area contributed by atoms with E-state index in [0.717, 1.165) is 17.7 Å². The summed E-state index contributed by atoms with van der Waals surface area (Å²) in [6, 6.07) is 12.0. The smallest absolute Gasteiger partial charge is 0.411 e. The maximum absolute atomic E-state index is 14.5. The van der Waals surface area contributed by atoms with Gasteiger partial charge in [-0.15, -0.1) is 0 Å². The average Bonchev–Trinajstić information content (AvgIpc) is 2.93. The summed E-state index contributed by atoms with van der Waals surface area (Å²) >= 11 is 0. The normalized spacial score (nSPS) is 12.1. The van der Waals surface area contributed by atoms with E-state index < -0.39 is 63.6 Å². The lowest BCUT2D eigenvalue weighted by Gasteiger charge is -2.38. The van der Waals surface area contributed by atoms with Gasteiger partial charge in [-0.1, -0.05) is 18.2 Å². The van der Waals surface area contributed by atoms with Crippen molar-refractivity contribution >= 4 is 28.9 Å². The van der Waals surface area contributed by atoms with Crippen LogP contribution in [-0.2, 0) is 5.41 Å². The fraction of sp³-hybridized carbons (Fsp3) is 0.133. The molecular formula is C30H23F6N3O5. The molecule has 2 amide bonds. The number of nitrogens with one attached hydrogen (secondary N) is 2. The van der Waals surface area contributed by atoms with Gasteiger partial charge in [0.25, 0.3) is 11.8 Å². The van der Waals surface area contributed by atoms with Gasteiger partial charge in [0.15, 0.2) is 0 Å². The van der Waals surface area contributed by atoms with Crippen LogP contribution in [0.2, 0.25) is 0 Å². The lowest BCUT2D eigenvalue weighted by molar-refractivity contribution is -0.288. The summed E-state index contributed by atoms with van der Waals surface area (Å²) in [6.45, 7) is 1.74. The van der Waals surface area contributed by atoms with Crippen LogP contribution in [0, 0.1) is 6.92 Å². The summed E-state index contributed by atoms with van der Waals surface area (Å²) in [5.74, 6) is -3.43. The molecule has 0 aliphatic rings. The number of carbonyl (C=O) groups is 2. The molecule has 0 aliphatic heterocycles. The molecule has 0 spiro atoms. The van der Waals surface area contributed by atoms with Crippen molar-refractivity contribution in [3.63, 3.8) is 0 Å². The van der Waals surface area contributed by atoms with Crippen LogP contribution in [0.1, 0.15) is 37.4 Å². The van der Waals surface area contributed by atoms with E-state index in [9.17, 15) is 51.3 Å². The number of rotatable bonds is 6. The van der Waals surface area contributed by atoms with E-state index in [4.69, 9.17) is 5.73 Å². The van der Waals surface area contributed by atoms with E-state index in [2.05, 4.69) is 10.6 Å². The predicted molar refractivity (Wildman–Crippen MR) is 149 cm³/mol. The molecule has 7 N–H and O–H groups in total. The molecule has 0 fully saturated rings. The van der Waals surface area contributed by atoms with Gasteiger partial charge in [0.05, 0.1) is 17.1 Å². The molecule has 4 rings (SSSR count). The molecule has 4 aromatic rings. The van der Waals surface area contributed by atoms with Crippen molar-refractivity contribution < 1.29 is 51.3 Å². The SMILES string of the molecule is Cc1ccc(O)c(NC(=O)c2ccc(C(=O)Nc3cc(C(c4ccc(O)c(N)c4)(C(F)(F)F)C(F)(F)F)ccc3O)cc2)c1. The molecule has 0 unspecified atom stereocenters. The van der Waals surface area contributed by atoms with Crippen LogP contribution in [0.3, 0.4) is 0 Å². The molecule has 14 heteroatoms. The quantitative estimate of drug-likeness (QED) is 0.0814. The van der Waals surface area contributed by atoms with Crippen LogP contribution < -0.4 is 16.4 Å². The fourth-order valence-electron chi connectivity index (χ4n) is 4.55. The van der Waals surface area contributed by atoms with Gasteiger partial charge in [-0.05, 0) is 84.3 Å². The molecule has 0 saturated heterocycles. The van der Waals surface area contributed by atoms with Crippen molar-refractivity contribution in [1.82, 2.24) is 0 Å². The van der Waals surface area contributed by atoms with E-state index in [1.54, 1.807) is 13.0 Å². The zero-order valence-electron chi connectivity index (χ0n) is 22.5. The minimum Gasteiger partial charge on any atom is -0.506 e. The molecule has 230 valence electrons. The number of anilines is 3. The highest BCUT2D eigenvalue weighted by atomic mass is 19.4. The van der Waals surface area contributed by atoms with Crippen molar-refractivity contribution in [3.8, 4) is 17.2 Å². The van der Waals surface area contributed by atoms with Crippen molar-refractivity contribution in [3.05, 3.63) is 107 Å². The molecule has 44 heavy (non-hydrogen) atoms. The Kier molecular flexibility index (Phi) is 8.14. The molecular weight excluding hydrogens is 596 g/mol. The van der Waals surface area contributed by atoms with Gasteiger partial charge >= 0.3 is 12.4 Å². The number of nitrogen functional groups attached to an aromatic ring is 1. The number of aromatic hydroxyl groups is 3. The Labute approximate surface area is 245 Å². The molecule has 0 aromatic heterocycles. The second-order valence-electron chi connectivity index (χ2n) is 9.76. The van der Waals surface area contributed by atoms with Gasteiger partial charge in [0.1, 0.15) is 17.2 Å². The second kappa shape index (κ2) is 11.4. The summed E-state index contributed by atoms with van der Waals surface area (Å²) in [7, 11) is 0. The summed E-state index contributed by atoms with van der Waals surface area (Å²) in [6.07, 6.45) is -12.0. The highest BCUT2D eigenvalue weighted by Gasteiger charge is 2.72. The number of carbonyl (C=O) groups excluding carboxylic acids is 2. The van der Waals surface area contributed by atoms with Crippen LogP contribution in [0.5, 0.6) is 17.2 Å². The summed E-state index contributed by atoms with van der Waals surface area (Å²) in [5, 5.41) is 34.4. The highest BCUT2D eigenvalue weighted by molar-refractivity contribution is 6.08. The van der Waals surface area contributed by atoms with Crippen LogP contribution in [0.4, 0.5) is 43.4 Å². The van der Waals surface area contributed by atoms with Crippen LogP contribution in [0.15, 0.2) is 78.9 Å². The second-order valence-corrected chi connectivity index (χ2v) is 9.76. The van der Waals surface area contributed by atoms with Gasteiger partial charge in [-0.2, -0.15) is 26.3 Å². The van der Waals surface area contributed by atoms with Crippen molar-refractivity contribution in [2.24, 2.45) is 0 Å². The maximum atomic E-state index is 14.5. The number of hydrogen-bond donors (Lipinski definition) is 6. The minimum atomic E-state index is -6.00. The molecule has 0 heterocycles. The Morgan fingerprint density at radius 1 is 0.614 bits per heavy atom. The molecule has 0 aliphatic carbocycles. The zero-order chi connectivity index (χ0) is 32.6. The molecule has 0 atom stereocenters. The number of aryl methyl sites for hydroxylation is 1. The highest BCUT2D eigenvalue weighted by Crippen LogP contribution is 2.57. The number of halogens is 6. The standard InChI is InChI=1S/C30H23F6N3O5/c1-15-2-9-24(41)21(12-15)38-26(43)16-3-5-17(6-4-16)27(44)39-22-14-19(8-11-25(22)42)28(29(31,32)33,30(34,35)36)18-7-10-23(40)20(37)13-18/h2-14,40-42H,37H2,1H3,(H,38,43)(H,39,44). The first-order valence-corrected chi connectivity index (χ1v) is 12.5. The number of alkyl halides is 6. The summed E-state index contributed by atoms with van der Waals surface area (Å²) in [5.41, 5.74) is -2.72. The summed E-state index contributed by atoms with van der Waals surface area (Å²) < 4.78 is 87.0. The number of benzene rings is 4. The zero-order valence-corrected chi connectivity index (χ0v) is 22.5.